The number of hydrogen-bond donors (Lipinski definition) is 1. The Bertz CT molecular complexity index is 760. The molecule has 2 rings (SSSR count). The third kappa shape index (κ3) is 4.15. The summed E-state index contributed by atoms with van der Waals surface area (Å²) >= 11 is 0. The lowest BCUT2D eigenvalue weighted by Crippen LogP contribution is -2.25. The normalized spacial score (nSPS) is 24.8. The maximum atomic E-state index is 13.1. The van der Waals surface area contributed by atoms with E-state index in [0.29, 0.717) is 12.1 Å². The fourth-order valence-electron chi connectivity index (χ4n) is 4.85. The zero-order chi connectivity index (χ0) is 19.3. The van der Waals surface area contributed by atoms with Crippen molar-refractivity contribution in [3.8, 4) is 0 Å². The topological polar surface area (TPSA) is 54.4 Å². The summed E-state index contributed by atoms with van der Waals surface area (Å²) in [5.41, 5.74) is 5.50. The highest BCUT2D eigenvalue weighted by Crippen LogP contribution is 2.49. The maximum absolute atomic E-state index is 13.1. The van der Waals surface area contributed by atoms with Gasteiger partial charge in [-0.2, -0.15) is 0 Å². The average Bonchev–Trinajstić information content (AvgIpc) is 2.73. The molecule has 0 saturated heterocycles. The third-order valence-electron chi connectivity index (χ3n) is 5.78. The number of rotatable bonds is 4. The zero-order valence-corrected chi connectivity index (χ0v) is 18.8. The average molecular weight is 384 g/mol. The van der Waals surface area contributed by atoms with Crippen LogP contribution in [0, 0.1) is 26.7 Å². The van der Waals surface area contributed by atoms with Crippen LogP contribution in [0.3, 0.4) is 0 Å². The standard InChI is InChI=1S/C20H34O3P2/c1-12-9-10-17(21)18(12)19-13(2)16(11-24(5,6)22)14(3)20(15(19)4)25(7,8)23/h12,17-18,21H,9-11H2,1-8H3. The molecule has 1 aromatic rings. The largest absolute Gasteiger partial charge is 0.392 e. The first kappa shape index (κ1) is 20.9. The number of hydrogen-bond acceptors (Lipinski definition) is 3. The van der Waals surface area contributed by atoms with Gasteiger partial charge in [-0.05, 0) is 94.0 Å². The lowest BCUT2D eigenvalue weighted by Gasteiger charge is -2.30. The molecule has 0 radical (unpaired) electrons. The van der Waals surface area contributed by atoms with Gasteiger partial charge in [0.1, 0.15) is 7.14 Å². The SMILES string of the molecule is Cc1c(CP(C)(C)=O)c(C)c(P(C)(C)=O)c(C)c1C1C(C)CCC1O. The molecule has 142 valence electrons. The van der Waals surface area contributed by atoms with Crippen LogP contribution in [0.2, 0.25) is 0 Å². The lowest BCUT2D eigenvalue weighted by atomic mass is 9.81. The summed E-state index contributed by atoms with van der Waals surface area (Å²) in [4.78, 5) is 0. The summed E-state index contributed by atoms with van der Waals surface area (Å²) in [5.74, 6) is 0.483. The molecule has 0 aliphatic heterocycles. The molecule has 1 aromatic carbocycles. The van der Waals surface area contributed by atoms with Gasteiger partial charge in [-0.1, -0.05) is 6.92 Å². The molecule has 0 spiro atoms. The van der Waals surface area contributed by atoms with Gasteiger partial charge in [0.2, 0.25) is 0 Å². The molecule has 3 atom stereocenters. The second-order valence-corrected chi connectivity index (χ2v) is 15.5. The van der Waals surface area contributed by atoms with E-state index in [-0.39, 0.29) is 12.0 Å². The van der Waals surface area contributed by atoms with E-state index < -0.39 is 14.3 Å². The fourth-order valence-corrected chi connectivity index (χ4v) is 7.96. The molecule has 25 heavy (non-hydrogen) atoms. The van der Waals surface area contributed by atoms with Gasteiger partial charge in [0.05, 0.1) is 13.2 Å². The van der Waals surface area contributed by atoms with Crippen LogP contribution in [0.25, 0.3) is 0 Å². The molecule has 0 aromatic heterocycles. The molecule has 1 aliphatic carbocycles. The highest BCUT2D eigenvalue weighted by molar-refractivity contribution is 7.70. The van der Waals surface area contributed by atoms with E-state index in [2.05, 4.69) is 20.8 Å². The highest BCUT2D eigenvalue weighted by atomic mass is 31.2. The lowest BCUT2D eigenvalue weighted by molar-refractivity contribution is 0.156. The minimum absolute atomic E-state index is 0.0812. The zero-order valence-electron chi connectivity index (χ0n) is 17.0. The van der Waals surface area contributed by atoms with Gasteiger partial charge in [0.25, 0.3) is 0 Å². The summed E-state index contributed by atoms with van der Waals surface area (Å²) in [6.07, 6.45) is 2.01. The Morgan fingerprint density at radius 1 is 0.960 bits per heavy atom. The van der Waals surface area contributed by atoms with Crippen molar-refractivity contribution in [1.29, 1.82) is 0 Å². The van der Waals surface area contributed by atoms with Crippen molar-refractivity contribution in [2.24, 2.45) is 5.92 Å². The molecule has 1 aliphatic rings. The predicted molar refractivity (Wildman–Crippen MR) is 110 cm³/mol. The van der Waals surface area contributed by atoms with Gasteiger partial charge in [-0.25, -0.2) is 0 Å². The summed E-state index contributed by atoms with van der Waals surface area (Å²) in [6.45, 7) is 15.6. The van der Waals surface area contributed by atoms with Crippen LogP contribution < -0.4 is 5.30 Å². The first-order valence-corrected chi connectivity index (χ1v) is 14.5. The molecule has 1 saturated carbocycles. The maximum Gasteiger partial charge on any atom is 0.110 e. The fraction of sp³-hybridized carbons (Fsp3) is 0.700. The Morgan fingerprint density at radius 3 is 1.92 bits per heavy atom. The number of aliphatic hydroxyl groups is 1. The quantitative estimate of drug-likeness (QED) is 0.755. The molecule has 0 bridgehead atoms. The van der Waals surface area contributed by atoms with Crippen molar-refractivity contribution >= 4 is 19.6 Å². The molecular weight excluding hydrogens is 350 g/mol. The van der Waals surface area contributed by atoms with E-state index in [1.807, 2.05) is 33.6 Å². The van der Waals surface area contributed by atoms with Gasteiger partial charge in [0.15, 0.2) is 0 Å². The van der Waals surface area contributed by atoms with Crippen molar-refractivity contribution < 1.29 is 14.2 Å². The number of benzene rings is 1. The molecule has 5 heteroatoms. The van der Waals surface area contributed by atoms with E-state index in [0.717, 1.165) is 46.0 Å². The third-order valence-corrected chi connectivity index (χ3v) is 8.61. The molecule has 1 fully saturated rings. The van der Waals surface area contributed by atoms with Crippen LogP contribution >= 0.6 is 14.3 Å². The van der Waals surface area contributed by atoms with E-state index in [4.69, 9.17) is 0 Å². The molecular formula is C20H34O3P2. The first-order chi connectivity index (χ1) is 11.3. The highest BCUT2D eigenvalue weighted by Gasteiger charge is 2.37. The minimum Gasteiger partial charge on any atom is -0.392 e. The smallest absolute Gasteiger partial charge is 0.110 e. The molecule has 3 unspecified atom stereocenters. The van der Waals surface area contributed by atoms with Crippen molar-refractivity contribution in [2.75, 3.05) is 26.7 Å². The first-order valence-electron chi connectivity index (χ1n) is 9.15. The molecule has 0 amide bonds. The van der Waals surface area contributed by atoms with Crippen LogP contribution in [-0.2, 0) is 15.3 Å². The van der Waals surface area contributed by atoms with Gasteiger partial charge in [-0.15, -0.1) is 0 Å². The second-order valence-electron chi connectivity index (χ2n) is 8.85. The minimum atomic E-state index is -2.48. The van der Waals surface area contributed by atoms with Gasteiger partial charge in [0, 0.05) is 17.4 Å². The summed E-state index contributed by atoms with van der Waals surface area (Å²) in [7, 11) is -4.75. The van der Waals surface area contributed by atoms with Crippen molar-refractivity contribution in [3.05, 3.63) is 27.8 Å². The van der Waals surface area contributed by atoms with Crippen LogP contribution in [0.5, 0.6) is 0 Å². The van der Waals surface area contributed by atoms with Crippen molar-refractivity contribution in [2.45, 2.75) is 58.7 Å². The Balaban J connectivity index is 2.85. The Kier molecular flexibility index (Phi) is 5.86. The summed E-state index contributed by atoms with van der Waals surface area (Å²) in [5, 5.41) is 11.6. The van der Waals surface area contributed by atoms with Crippen LogP contribution in [-0.4, -0.2) is 37.9 Å². The molecule has 3 nitrogen and oxygen atoms in total. The Labute approximate surface area is 153 Å². The van der Waals surface area contributed by atoms with E-state index in [1.54, 1.807) is 0 Å². The van der Waals surface area contributed by atoms with Gasteiger partial charge in [-0.3, -0.25) is 0 Å². The van der Waals surface area contributed by atoms with E-state index in [1.165, 1.54) is 0 Å². The van der Waals surface area contributed by atoms with Crippen LogP contribution in [0.1, 0.15) is 53.5 Å². The van der Waals surface area contributed by atoms with E-state index in [9.17, 15) is 14.2 Å². The summed E-state index contributed by atoms with van der Waals surface area (Å²) in [6, 6.07) is 0. The van der Waals surface area contributed by atoms with Crippen LogP contribution in [0.4, 0.5) is 0 Å². The van der Waals surface area contributed by atoms with Gasteiger partial charge >= 0.3 is 0 Å². The molecule has 0 heterocycles. The van der Waals surface area contributed by atoms with Crippen molar-refractivity contribution in [3.63, 3.8) is 0 Å². The number of aliphatic hydroxyl groups excluding tert-OH is 1. The van der Waals surface area contributed by atoms with Gasteiger partial charge < -0.3 is 14.2 Å². The summed E-state index contributed by atoms with van der Waals surface area (Å²) < 4.78 is 25.7. The Hall–Kier alpha value is -0.360. The monoisotopic (exact) mass is 384 g/mol. The van der Waals surface area contributed by atoms with Crippen LogP contribution in [0.15, 0.2) is 0 Å². The second kappa shape index (κ2) is 6.99. The van der Waals surface area contributed by atoms with E-state index >= 15 is 0 Å². The predicted octanol–water partition coefficient (Wildman–Crippen LogP) is 4.86. The molecule has 1 N–H and O–H groups in total. The van der Waals surface area contributed by atoms with Crippen molar-refractivity contribution in [1.82, 2.24) is 0 Å². The Morgan fingerprint density at radius 2 is 1.52 bits per heavy atom.